The Hall–Kier alpha value is -5.17. The summed E-state index contributed by atoms with van der Waals surface area (Å²) in [6, 6.07) is 23.4. The number of likely N-dealkylation sites (tertiary alicyclic amines) is 1. The number of carbonyl (C=O) groups is 3. The Balaban J connectivity index is 0.000000582. The zero-order valence-corrected chi connectivity index (χ0v) is 26.3. The van der Waals surface area contributed by atoms with Gasteiger partial charge in [0, 0.05) is 42.1 Å². The lowest BCUT2D eigenvalue weighted by Gasteiger charge is -2.32. The van der Waals surface area contributed by atoms with Crippen LogP contribution in [-0.2, 0) is 22.4 Å². The fourth-order valence-electron chi connectivity index (χ4n) is 5.43. The van der Waals surface area contributed by atoms with E-state index in [2.05, 4.69) is 38.1 Å². The van der Waals surface area contributed by atoms with E-state index in [-0.39, 0.29) is 17.7 Å². The number of fused-ring (bicyclic) bond motifs is 6. The van der Waals surface area contributed by atoms with E-state index >= 15 is 0 Å². The van der Waals surface area contributed by atoms with Crippen LogP contribution in [0.15, 0.2) is 79.0 Å². The van der Waals surface area contributed by atoms with E-state index in [1.165, 1.54) is 0 Å². The lowest BCUT2D eigenvalue weighted by Crippen LogP contribution is -2.39. The average molecular weight is 681 g/mol. The number of halogens is 4. The average Bonchev–Trinajstić information content (AvgIpc) is 3.07. The number of nitrogens with one attached hydrogen (secondary N) is 3. The van der Waals surface area contributed by atoms with Crippen molar-refractivity contribution in [2.75, 3.05) is 29.0 Å². The second-order valence-corrected chi connectivity index (χ2v) is 11.8. The number of alkyl halides is 3. The molecule has 6 bridgehead atoms. The van der Waals surface area contributed by atoms with Crippen molar-refractivity contribution in [3.05, 3.63) is 101 Å². The highest BCUT2D eigenvalue weighted by Crippen LogP contribution is 2.30. The topological polar surface area (TPSA) is 137 Å². The Labute approximate surface area is 279 Å². The number of benzene rings is 3. The maximum atomic E-state index is 13.2. The number of carboxylic acid groups (broad SMARTS) is 1. The molecular weight excluding hydrogens is 649 g/mol. The van der Waals surface area contributed by atoms with Crippen molar-refractivity contribution >= 4 is 58.2 Å². The number of amides is 2. The van der Waals surface area contributed by atoms with E-state index in [9.17, 15) is 22.8 Å². The summed E-state index contributed by atoms with van der Waals surface area (Å²) < 4.78 is 31.7. The van der Waals surface area contributed by atoms with E-state index < -0.39 is 12.1 Å². The molecule has 1 saturated heterocycles. The highest BCUT2D eigenvalue weighted by molar-refractivity contribution is 6.32. The van der Waals surface area contributed by atoms with Crippen molar-refractivity contribution in [3.8, 4) is 0 Å². The van der Waals surface area contributed by atoms with E-state index in [1.54, 1.807) is 6.20 Å². The standard InChI is InChI=1S/C32H31ClN6O2.C2HF3O2/c33-27-20-34-32-36-25-8-4-5-21(17-25)9-10-24-19-26(35-30(27)38-32)11-12-28(24)37-29(40)18-22-13-15-39(16-14-22)31(41)23-6-2-1-3-7-23;3-2(4,5)1(6)7/h1-8,11-12,17,19-20,22H,9-10,13-16,18H2,(H,37,40)(H2,34,35,36,38);(H,6,7). The van der Waals surface area contributed by atoms with Gasteiger partial charge in [0.25, 0.3) is 5.91 Å². The fraction of sp³-hybridized carbons (Fsp3) is 0.265. The molecule has 0 saturated carbocycles. The Bertz CT molecular complexity index is 1780. The molecule has 4 N–H and O–H groups in total. The molecule has 2 aliphatic heterocycles. The van der Waals surface area contributed by atoms with Crippen molar-refractivity contribution in [1.82, 2.24) is 14.9 Å². The van der Waals surface area contributed by atoms with E-state index in [0.29, 0.717) is 41.9 Å². The highest BCUT2D eigenvalue weighted by atomic mass is 35.5. The molecule has 14 heteroatoms. The molecule has 6 rings (SSSR count). The summed E-state index contributed by atoms with van der Waals surface area (Å²) in [5.41, 5.74) is 5.42. The number of rotatable bonds is 4. The van der Waals surface area contributed by atoms with Gasteiger partial charge in [0.15, 0.2) is 5.82 Å². The lowest BCUT2D eigenvalue weighted by atomic mass is 9.92. The van der Waals surface area contributed by atoms with Gasteiger partial charge in [-0.25, -0.2) is 9.78 Å². The molecule has 4 aromatic rings. The number of anilines is 5. The summed E-state index contributed by atoms with van der Waals surface area (Å²) in [7, 11) is 0. The normalized spacial score (nSPS) is 14.4. The van der Waals surface area contributed by atoms with E-state index in [0.717, 1.165) is 53.9 Å². The number of piperidine rings is 1. The monoisotopic (exact) mass is 680 g/mol. The lowest BCUT2D eigenvalue weighted by molar-refractivity contribution is -0.192. The first-order chi connectivity index (χ1) is 22.9. The summed E-state index contributed by atoms with van der Waals surface area (Å²) in [4.78, 5) is 45.6. The van der Waals surface area contributed by atoms with Crippen molar-refractivity contribution in [3.63, 3.8) is 0 Å². The molecule has 2 amide bonds. The molecule has 0 unspecified atom stereocenters. The van der Waals surface area contributed by atoms with Gasteiger partial charge in [0.2, 0.25) is 11.9 Å². The van der Waals surface area contributed by atoms with Gasteiger partial charge in [0.05, 0.1) is 6.20 Å². The Morgan fingerprint density at radius 2 is 1.65 bits per heavy atom. The van der Waals surface area contributed by atoms with E-state index in [1.807, 2.05) is 65.6 Å². The molecule has 3 aromatic carbocycles. The number of carbonyl (C=O) groups excluding carboxylic acids is 2. The van der Waals surface area contributed by atoms with Gasteiger partial charge in [-0.1, -0.05) is 41.9 Å². The van der Waals surface area contributed by atoms with Crippen LogP contribution in [0.4, 0.5) is 42.0 Å². The second kappa shape index (κ2) is 15.2. The van der Waals surface area contributed by atoms with Gasteiger partial charge in [-0.3, -0.25) is 9.59 Å². The summed E-state index contributed by atoms with van der Waals surface area (Å²) in [5, 5.41) is 17.3. The second-order valence-electron chi connectivity index (χ2n) is 11.4. The maximum Gasteiger partial charge on any atom is 0.490 e. The van der Waals surface area contributed by atoms with Crippen LogP contribution in [0.25, 0.3) is 0 Å². The Morgan fingerprint density at radius 1 is 0.938 bits per heavy atom. The summed E-state index contributed by atoms with van der Waals surface area (Å²) in [6.45, 7) is 1.33. The minimum atomic E-state index is -5.08. The smallest absolute Gasteiger partial charge is 0.475 e. The van der Waals surface area contributed by atoms with Crippen molar-refractivity contribution in [1.29, 1.82) is 0 Å². The van der Waals surface area contributed by atoms with Crippen LogP contribution >= 0.6 is 11.6 Å². The number of carboxylic acids is 1. The predicted molar refractivity (Wildman–Crippen MR) is 176 cm³/mol. The third-order valence-electron chi connectivity index (χ3n) is 7.89. The first kappa shape index (κ1) is 34.2. The Kier molecular flexibility index (Phi) is 10.8. The molecule has 3 heterocycles. The number of hydrogen-bond acceptors (Lipinski definition) is 7. The van der Waals surface area contributed by atoms with Crippen LogP contribution in [0.2, 0.25) is 5.02 Å². The molecule has 2 aliphatic rings. The molecule has 1 fully saturated rings. The molecule has 0 atom stereocenters. The van der Waals surface area contributed by atoms with Crippen LogP contribution in [0.3, 0.4) is 0 Å². The van der Waals surface area contributed by atoms with Crippen LogP contribution in [-0.4, -0.2) is 57.0 Å². The molecule has 0 radical (unpaired) electrons. The predicted octanol–water partition coefficient (Wildman–Crippen LogP) is 7.23. The molecule has 250 valence electrons. The van der Waals surface area contributed by atoms with Crippen LogP contribution < -0.4 is 16.0 Å². The minimum Gasteiger partial charge on any atom is -0.475 e. The van der Waals surface area contributed by atoms with Gasteiger partial charge >= 0.3 is 12.1 Å². The molecule has 1 aromatic heterocycles. The first-order valence-electron chi connectivity index (χ1n) is 15.2. The van der Waals surface area contributed by atoms with Crippen LogP contribution in [0.1, 0.15) is 40.7 Å². The van der Waals surface area contributed by atoms with Gasteiger partial charge in [-0.05, 0) is 85.2 Å². The maximum absolute atomic E-state index is 13.2. The van der Waals surface area contributed by atoms with Gasteiger partial charge in [-0.15, -0.1) is 0 Å². The summed E-state index contributed by atoms with van der Waals surface area (Å²) >= 11 is 6.39. The zero-order valence-electron chi connectivity index (χ0n) is 25.6. The molecule has 10 nitrogen and oxygen atoms in total. The third kappa shape index (κ3) is 9.22. The number of aryl methyl sites for hydroxylation is 2. The first-order valence-corrected chi connectivity index (χ1v) is 15.5. The number of nitrogens with zero attached hydrogens (tertiary/aromatic N) is 3. The zero-order chi connectivity index (χ0) is 34.3. The van der Waals surface area contributed by atoms with Gasteiger partial charge in [0.1, 0.15) is 5.02 Å². The van der Waals surface area contributed by atoms with Gasteiger partial charge in [-0.2, -0.15) is 18.2 Å². The SMILES string of the molecule is O=C(CC1CCN(C(=O)c2ccccc2)CC1)Nc1ccc2cc1CCc1cccc(c1)Nc1ncc(Cl)c(n1)N2.O=C(O)C(F)(F)F. The quantitative estimate of drug-likeness (QED) is 0.177. The summed E-state index contributed by atoms with van der Waals surface area (Å²) in [6.07, 6.45) is 0.0855. The van der Waals surface area contributed by atoms with Crippen molar-refractivity contribution in [2.45, 2.75) is 38.3 Å². The Morgan fingerprint density at radius 3 is 2.35 bits per heavy atom. The number of aromatic nitrogens is 2. The third-order valence-corrected chi connectivity index (χ3v) is 8.17. The van der Waals surface area contributed by atoms with Crippen molar-refractivity contribution in [2.24, 2.45) is 5.92 Å². The fourth-order valence-corrected chi connectivity index (χ4v) is 5.57. The molecule has 0 aliphatic carbocycles. The summed E-state index contributed by atoms with van der Waals surface area (Å²) in [5.74, 6) is -1.51. The largest absolute Gasteiger partial charge is 0.490 e. The van der Waals surface area contributed by atoms with Crippen LogP contribution in [0.5, 0.6) is 0 Å². The number of aliphatic carboxylic acids is 1. The highest BCUT2D eigenvalue weighted by Gasteiger charge is 2.38. The van der Waals surface area contributed by atoms with Crippen molar-refractivity contribution < 1.29 is 32.7 Å². The van der Waals surface area contributed by atoms with E-state index in [4.69, 9.17) is 21.5 Å². The molecule has 48 heavy (non-hydrogen) atoms. The van der Waals surface area contributed by atoms with Gasteiger partial charge < -0.3 is 26.0 Å². The molecule has 0 spiro atoms. The number of hydrogen-bond donors (Lipinski definition) is 4. The molecular formula is C34H32ClF3N6O4. The van der Waals surface area contributed by atoms with Crippen LogP contribution in [0, 0.1) is 5.92 Å². The minimum absolute atomic E-state index is 0.00704.